The molecule has 1 N–H and O–H groups in total. The predicted molar refractivity (Wildman–Crippen MR) is 93.3 cm³/mol. The first-order valence-corrected chi connectivity index (χ1v) is 7.97. The van der Waals surface area contributed by atoms with Crippen LogP contribution in [0.25, 0.3) is 0 Å². The number of anilines is 2. The van der Waals surface area contributed by atoms with Gasteiger partial charge in [0.2, 0.25) is 11.8 Å². The molecule has 0 aliphatic carbocycles. The highest BCUT2D eigenvalue weighted by Crippen LogP contribution is 2.28. The van der Waals surface area contributed by atoms with E-state index in [0.29, 0.717) is 16.9 Å². The van der Waals surface area contributed by atoms with Crippen LogP contribution >= 0.6 is 0 Å². The Bertz CT molecular complexity index is 883. The number of halogens is 1. The monoisotopic (exact) mass is 357 g/mol. The third-order valence-corrected chi connectivity index (χ3v) is 4.39. The Hall–Kier alpha value is -3.29. The van der Waals surface area contributed by atoms with Crippen molar-refractivity contribution in [3.05, 3.63) is 64.0 Å². The number of hydrogen-bond acceptors (Lipinski definition) is 4. The van der Waals surface area contributed by atoms with Gasteiger partial charge >= 0.3 is 0 Å². The molecule has 2 aromatic rings. The maximum absolute atomic E-state index is 13.0. The minimum Gasteiger partial charge on any atom is -0.325 e. The first-order valence-electron chi connectivity index (χ1n) is 7.97. The second-order valence-electron chi connectivity index (χ2n) is 6.08. The summed E-state index contributed by atoms with van der Waals surface area (Å²) in [6.45, 7) is 1.72. The molecule has 0 unspecified atom stereocenters. The molecule has 1 aliphatic rings. The Labute approximate surface area is 148 Å². The maximum atomic E-state index is 13.0. The summed E-state index contributed by atoms with van der Waals surface area (Å²) in [5, 5.41) is 13.7. The average molecular weight is 357 g/mol. The van der Waals surface area contributed by atoms with Crippen LogP contribution in [0, 0.1) is 28.8 Å². The molecule has 0 radical (unpaired) electrons. The number of nitrogens with zero attached hydrogens (tertiary/aromatic N) is 2. The van der Waals surface area contributed by atoms with Gasteiger partial charge in [0.05, 0.1) is 22.1 Å². The number of nitro groups is 1. The van der Waals surface area contributed by atoms with E-state index in [9.17, 15) is 24.1 Å². The summed E-state index contributed by atoms with van der Waals surface area (Å²) in [5.74, 6) is -1.61. The standard InChI is InChI=1S/C18H16FN3O4/c1-11-15(3-2-4-16(11)22(25)26)20-18(24)12-9-17(23)21(10-12)14-7-5-13(19)6-8-14/h2-8,12H,9-10H2,1H3,(H,20,24)/t12-/m0/s1. The molecule has 0 spiro atoms. The normalized spacial score (nSPS) is 16.6. The summed E-state index contributed by atoms with van der Waals surface area (Å²) in [7, 11) is 0. The smallest absolute Gasteiger partial charge is 0.274 e. The highest BCUT2D eigenvalue weighted by atomic mass is 19.1. The summed E-state index contributed by atoms with van der Waals surface area (Å²) in [6, 6.07) is 9.90. The topological polar surface area (TPSA) is 92.6 Å². The molecule has 3 rings (SSSR count). The lowest BCUT2D eigenvalue weighted by molar-refractivity contribution is -0.385. The fourth-order valence-electron chi connectivity index (χ4n) is 2.95. The first-order chi connectivity index (χ1) is 12.4. The zero-order valence-corrected chi connectivity index (χ0v) is 13.9. The van der Waals surface area contributed by atoms with Gasteiger partial charge in [-0.2, -0.15) is 0 Å². The molecule has 7 nitrogen and oxygen atoms in total. The van der Waals surface area contributed by atoms with Gasteiger partial charge in [0.15, 0.2) is 0 Å². The van der Waals surface area contributed by atoms with E-state index >= 15 is 0 Å². The molecule has 1 aliphatic heterocycles. The number of nitro benzene ring substituents is 1. The third-order valence-electron chi connectivity index (χ3n) is 4.39. The minimum atomic E-state index is -0.591. The number of amides is 2. The number of nitrogens with one attached hydrogen (secondary N) is 1. The first kappa shape index (κ1) is 17.5. The van der Waals surface area contributed by atoms with Crippen molar-refractivity contribution in [2.24, 2.45) is 5.92 Å². The van der Waals surface area contributed by atoms with Crippen LogP contribution in [0.2, 0.25) is 0 Å². The van der Waals surface area contributed by atoms with E-state index in [0.717, 1.165) is 0 Å². The molecule has 0 aromatic heterocycles. The molecule has 1 fully saturated rings. The largest absolute Gasteiger partial charge is 0.325 e. The molecule has 26 heavy (non-hydrogen) atoms. The fourth-order valence-corrected chi connectivity index (χ4v) is 2.95. The lowest BCUT2D eigenvalue weighted by atomic mass is 10.1. The maximum Gasteiger partial charge on any atom is 0.274 e. The molecule has 0 bridgehead atoms. The van der Waals surface area contributed by atoms with Gasteiger partial charge < -0.3 is 10.2 Å². The van der Waals surface area contributed by atoms with Crippen molar-refractivity contribution >= 4 is 28.9 Å². The second-order valence-corrected chi connectivity index (χ2v) is 6.08. The zero-order valence-electron chi connectivity index (χ0n) is 13.9. The molecule has 0 saturated carbocycles. The van der Waals surface area contributed by atoms with Crippen molar-refractivity contribution in [3.8, 4) is 0 Å². The summed E-state index contributed by atoms with van der Waals surface area (Å²) in [5.41, 5.74) is 1.14. The highest BCUT2D eigenvalue weighted by Gasteiger charge is 2.35. The van der Waals surface area contributed by atoms with Crippen LogP contribution in [0.3, 0.4) is 0 Å². The summed E-state index contributed by atoms with van der Waals surface area (Å²) in [4.78, 5) is 36.6. The highest BCUT2D eigenvalue weighted by molar-refractivity contribution is 6.03. The number of carbonyl (C=O) groups excluding carboxylic acids is 2. The van der Waals surface area contributed by atoms with Crippen molar-refractivity contribution in [2.75, 3.05) is 16.8 Å². The van der Waals surface area contributed by atoms with Gasteiger partial charge in [-0.15, -0.1) is 0 Å². The van der Waals surface area contributed by atoms with Crippen molar-refractivity contribution in [1.82, 2.24) is 0 Å². The van der Waals surface area contributed by atoms with Gasteiger partial charge in [0, 0.05) is 24.7 Å². The van der Waals surface area contributed by atoms with Crippen LogP contribution in [0.1, 0.15) is 12.0 Å². The summed E-state index contributed by atoms with van der Waals surface area (Å²) in [6.07, 6.45) is 0.0250. The summed E-state index contributed by atoms with van der Waals surface area (Å²) < 4.78 is 13.0. The van der Waals surface area contributed by atoms with Crippen LogP contribution in [-0.2, 0) is 9.59 Å². The van der Waals surface area contributed by atoms with Crippen LogP contribution in [-0.4, -0.2) is 23.3 Å². The Balaban J connectivity index is 1.74. The lowest BCUT2D eigenvalue weighted by Gasteiger charge is -2.17. The molecular formula is C18H16FN3O4. The molecule has 1 atom stereocenters. The predicted octanol–water partition coefficient (Wildman–Crippen LogP) is 3.03. The van der Waals surface area contributed by atoms with Crippen molar-refractivity contribution in [3.63, 3.8) is 0 Å². The molecular weight excluding hydrogens is 341 g/mol. The number of carbonyl (C=O) groups is 2. The van der Waals surface area contributed by atoms with E-state index in [4.69, 9.17) is 0 Å². The molecule has 1 heterocycles. The van der Waals surface area contributed by atoms with Gasteiger partial charge in [-0.25, -0.2) is 4.39 Å². The lowest BCUT2D eigenvalue weighted by Crippen LogP contribution is -2.28. The molecule has 2 aromatic carbocycles. The van der Waals surface area contributed by atoms with Crippen LogP contribution < -0.4 is 10.2 Å². The quantitative estimate of drug-likeness (QED) is 0.672. The molecule has 2 amide bonds. The zero-order chi connectivity index (χ0) is 18.8. The second kappa shape index (κ2) is 6.91. The Morgan fingerprint density at radius 1 is 1.27 bits per heavy atom. The van der Waals surface area contributed by atoms with E-state index in [1.54, 1.807) is 13.0 Å². The van der Waals surface area contributed by atoms with Gasteiger partial charge in [-0.05, 0) is 37.3 Å². The van der Waals surface area contributed by atoms with E-state index in [2.05, 4.69) is 5.32 Å². The Morgan fingerprint density at radius 3 is 2.62 bits per heavy atom. The number of benzene rings is 2. The van der Waals surface area contributed by atoms with Crippen LogP contribution in [0.15, 0.2) is 42.5 Å². The van der Waals surface area contributed by atoms with Crippen molar-refractivity contribution in [2.45, 2.75) is 13.3 Å². The van der Waals surface area contributed by atoms with Gasteiger partial charge in [-0.1, -0.05) is 6.07 Å². The van der Waals surface area contributed by atoms with Gasteiger partial charge in [0.25, 0.3) is 5.69 Å². The van der Waals surface area contributed by atoms with E-state index in [1.165, 1.54) is 41.3 Å². The number of hydrogen-bond donors (Lipinski definition) is 1. The molecule has 134 valence electrons. The SMILES string of the molecule is Cc1c(NC(=O)[C@H]2CC(=O)N(c3ccc(F)cc3)C2)cccc1[N+](=O)[O-]. The fraction of sp³-hybridized carbons (Fsp3) is 0.222. The molecule has 1 saturated heterocycles. The van der Waals surface area contributed by atoms with E-state index < -0.39 is 16.7 Å². The Kier molecular flexibility index (Phi) is 4.66. The van der Waals surface area contributed by atoms with E-state index in [-0.39, 0.29) is 30.5 Å². The third kappa shape index (κ3) is 3.39. The summed E-state index contributed by atoms with van der Waals surface area (Å²) >= 11 is 0. The van der Waals surface area contributed by atoms with Gasteiger partial charge in [-0.3, -0.25) is 19.7 Å². The number of rotatable bonds is 4. The minimum absolute atomic E-state index is 0.0250. The molecule has 8 heteroatoms. The van der Waals surface area contributed by atoms with E-state index in [1.807, 2.05) is 0 Å². The Morgan fingerprint density at radius 2 is 1.96 bits per heavy atom. The van der Waals surface area contributed by atoms with Crippen LogP contribution in [0.4, 0.5) is 21.5 Å². The average Bonchev–Trinajstić information content (AvgIpc) is 2.99. The van der Waals surface area contributed by atoms with Crippen molar-refractivity contribution in [1.29, 1.82) is 0 Å². The van der Waals surface area contributed by atoms with Gasteiger partial charge in [0.1, 0.15) is 5.82 Å². The van der Waals surface area contributed by atoms with Crippen molar-refractivity contribution < 1.29 is 18.9 Å². The van der Waals surface area contributed by atoms with Crippen LogP contribution in [0.5, 0.6) is 0 Å².